The summed E-state index contributed by atoms with van der Waals surface area (Å²) in [5.41, 5.74) is 0. The van der Waals surface area contributed by atoms with Gasteiger partial charge in [0, 0.05) is 5.38 Å². The third-order valence-electron chi connectivity index (χ3n) is 2.41. The molecule has 0 spiro atoms. The van der Waals surface area contributed by atoms with E-state index in [2.05, 4.69) is 22.4 Å². The van der Waals surface area contributed by atoms with Gasteiger partial charge in [-0.3, -0.25) is 0 Å². The first-order chi connectivity index (χ1) is 8.06. The van der Waals surface area contributed by atoms with Crippen LogP contribution in [0, 0.1) is 13.3 Å². The Kier molecular flexibility index (Phi) is 32.8. The van der Waals surface area contributed by atoms with Crippen LogP contribution >= 0.6 is 19.7 Å². The van der Waals surface area contributed by atoms with Gasteiger partial charge in [0.15, 0.2) is 0 Å². The van der Waals surface area contributed by atoms with Crippen molar-refractivity contribution in [1.29, 1.82) is 0 Å². The Hall–Kier alpha value is 1.48. The van der Waals surface area contributed by atoms with Gasteiger partial charge in [0.1, 0.15) is 0 Å². The molecule has 0 aliphatic heterocycles. The average molecular weight is 387 g/mol. The molecule has 0 radical (unpaired) electrons. The van der Waals surface area contributed by atoms with Crippen LogP contribution in [0.25, 0.3) is 15.7 Å². The molecule has 1 aliphatic carbocycles. The first-order valence-electron chi connectivity index (χ1n) is 5.98. The molecule has 3 nitrogen and oxygen atoms in total. The van der Waals surface area contributed by atoms with Crippen molar-refractivity contribution in [2.75, 3.05) is 48.1 Å². The van der Waals surface area contributed by atoms with Gasteiger partial charge in [-0.2, -0.15) is 35.2 Å². The summed E-state index contributed by atoms with van der Waals surface area (Å²) in [7, 11) is 8.85. The van der Waals surface area contributed by atoms with E-state index < -0.39 is 0 Å². The smallest absolute Gasteiger partial charge is 0.668 e. The van der Waals surface area contributed by atoms with Gasteiger partial charge in [-0.25, -0.2) is 8.07 Å². The summed E-state index contributed by atoms with van der Waals surface area (Å²) in [5.74, 6) is 0.761. The van der Waals surface area contributed by atoms with E-state index in [0.717, 1.165) is 5.92 Å². The van der Waals surface area contributed by atoms with Crippen LogP contribution < -0.4 is 0 Å². The van der Waals surface area contributed by atoms with Crippen LogP contribution in [0.5, 0.6) is 0 Å². The fourth-order valence-corrected chi connectivity index (χ4v) is 3.39. The summed E-state index contributed by atoms with van der Waals surface area (Å²) in [6, 6.07) is 0. The van der Waals surface area contributed by atoms with Crippen molar-refractivity contribution in [3.8, 4) is 0 Å². The summed E-state index contributed by atoms with van der Waals surface area (Å²) in [5, 5.41) is 11.7. The van der Waals surface area contributed by atoms with Gasteiger partial charge in [0.05, 0.1) is 0 Å². The normalized spacial score (nSPS) is 21.6. The molecule has 0 heterocycles. The van der Waals surface area contributed by atoms with Crippen LogP contribution in [0.4, 0.5) is 0 Å². The third kappa shape index (κ3) is 19.5. The Bertz CT molecular complexity index is 154. The molecule has 1 rings (SSSR count). The number of hydrogen-bond donors (Lipinski definition) is 0. The number of alkyl halides is 1. The second kappa shape index (κ2) is 21.8. The maximum Gasteiger partial charge on any atom is 4.00 e. The van der Waals surface area contributed by atoms with Gasteiger partial charge in [-0.1, -0.05) is 13.1 Å². The molecular weight excluding hydrogens is 356 g/mol. The molecule has 3 unspecified atom stereocenters. The van der Waals surface area contributed by atoms with Gasteiger partial charge < -0.3 is 23.1 Å². The van der Waals surface area contributed by atoms with E-state index in [1.807, 2.05) is 7.05 Å². The third-order valence-corrected chi connectivity index (χ3v) is 4.66. The van der Waals surface area contributed by atoms with E-state index in [-0.39, 0.29) is 41.7 Å². The molecule has 6 heteroatoms. The first kappa shape index (κ1) is 28.6. The predicted molar refractivity (Wildman–Crippen MR) is 90.8 cm³/mol. The molecule has 0 saturated heterocycles. The van der Waals surface area contributed by atoms with Crippen LogP contribution in [0.2, 0.25) is 0 Å². The van der Waals surface area contributed by atoms with E-state index >= 15 is 0 Å². The molecule has 0 aromatic rings. The van der Waals surface area contributed by atoms with Crippen LogP contribution in [0.15, 0.2) is 0 Å². The minimum Gasteiger partial charge on any atom is -0.668 e. The summed E-state index contributed by atoms with van der Waals surface area (Å²) < 4.78 is 0. The molecule has 3 atom stereocenters. The molecule has 19 heavy (non-hydrogen) atoms. The first-order valence-corrected chi connectivity index (χ1v) is 8.34. The van der Waals surface area contributed by atoms with Crippen molar-refractivity contribution in [3.63, 3.8) is 0 Å². The fourth-order valence-electron chi connectivity index (χ4n) is 1.62. The molecule has 1 saturated carbocycles. The van der Waals surface area contributed by atoms with Crippen LogP contribution in [0.1, 0.15) is 19.3 Å². The van der Waals surface area contributed by atoms with Crippen LogP contribution in [0.3, 0.4) is 0 Å². The van der Waals surface area contributed by atoms with Gasteiger partial charge >= 0.3 is 26.2 Å². The molecule has 0 amide bonds. The van der Waals surface area contributed by atoms with E-state index in [1.165, 1.54) is 25.4 Å². The largest absolute Gasteiger partial charge is 4.00 e. The number of halogens is 1. The second-order valence-electron chi connectivity index (χ2n) is 4.14. The molecule has 0 N–H and O–H groups in total. The van der Waals surface area contributed by atoms with E-state index in [9.17, 15) is 0 Å². The summed E-state index contributed by atoms with van der Waals surface area (Å²) in [6.07, 6.45) is 5.13. The van der Waals surface area contributed by atoms with Gasteiger partial charge in [-0.05, 0) is 24.9 Å². The van der Waals surface area contributed by atoms with Crippen molar-refractivity contribution < 1.29 is 26.2 Å². The van der Waals surface area contributed by atoms with E-state index in [0.29, 0.717) is 5.38 Å². The SMILES string of the molecule is C[N-]C.C[N-]C.C[N-]P(C)CC1CCCC1Cl.[CH3-].[Zr+4]. The summed E-state index contributed by atoms with van der Waals surface area (Å²) >= 11 is 6.15. The van der Waals surface area contributed by atoms with Crippen molar-refractivity contribution in [2.45, 2.75) is 24.6 Å². The van der Waals surface area contributed by atoms with Crippen LogP contribution in [-0.4, -0.2) is 53.4 Å². The molecule has 114 valence electrons. The minimum absolute atomic E-state index is 0. The predicted octanol–water partition coefficient (Wildman–Crippen LogP) is 5.11. The Balaban J connectivity index is -0.000000122. The Morgan fingerprint density at radius 2 is 1.47 bits per heavy atom. The monoisotopic (exact) mass is 385 g/mol. The average Bonchev–Trinajstić information content (AvgIpc) is 2.66. The molecule has 0 bridgehead atoms. The maximum absolute atomic E-state index is 6.15. The standard InChI is InChI=1S/C8H16ClNP.2C2H6N.CH3.Zr/c1-10-11(2)6-7-4-3-5-8(7)9;2*1-3-2;;/h7-8H,3-6H2,1-2H3;2*1-2H3;1H3;/q4*-1;+4. The Labute approximate surface area is 147 Å². The number of rotatable bonds is 3. The number of nitrogens with zero attached hydrogens (tertiary/aromatic N) is 3. The number of hydrogen-bond acceptors (Lipinski definition) is 0. The zero-order valence-electron chi connectivity index (χ0n) is 13.6. The Morgan fingerprint density at radius 3 is 1.74 bits per heavy atom. The maximum atomic E-state index is 6.15. The zero-order valence-corrected chi connectivity index (χ0v) is 17.8. The van der Waals surface area contributed by atoms with Gasteiger partial charge in [0.2, 0.25) is 0 Å². The van der Waals surface area contributed by atoms with Crippen molar-refractivity contribution >= 4 is 19.7 Å². The molecule has 0 aromatic heterocycles. The summed E-state index contributed by atoms with van der Waals surface area (Å²) in [6.45, 7) is 2.23. The second-order valence-corrected chi connectivity index (χ2v) is 6.78. The zero-order chi connectivity index (χ0) is 13.7. The quantitative estimate of drug-likeness (QED) is 0.367. The van der Waals surface area contributed by atoms with Crippen molar-refractivity contribution in [2.24, 2.45) is 5.92 Å². The van der Waals surface area contributed by atoms with Gasteiger partial charge in [-0.15, -0.1) is 11.6 Å². The molecule has 1 aliphatic rings. The van der Waals surface area contributed by atoms with E-state index in [1.54, 1.807) is 28.2 Å². The van der Waals surface area contributed by atoms with Crippen molar-refractivity contribution in [1.82, 2.24) is 0 Å². The molecule has 0 aromatic carbocycles. The topological polar surface area (TPSA) is 42.3 Å². The minimum atomic E-state index is -0.0754. The summed E-state index contributed by atoms with van der Waals surface area (Å²) in [4.78, 5) is 0. The van der Waals surface area contributed by atoms with Gasteiger partial charge in [0.25, 0.3) is 0 Å². The molecular formula is C13H31ClN3PZr. The fraction of sp³-hybridized carbons (Fsp3) is 0.923. The van der Waals surface area contributed by atoms with E-state index in [4.69, 9.17) is 11.6 Å². The molecule has 1 fully saturated rings. The van der Waals surface area contributed by atoms with Crippen LogP contribution in [-0.2, 0) is 26.2 Å². The Morgan fingerprint density at radius 1 is 1.05 bits per heavy atom. The van der Waals surface area contributed by atoms with Crippen molar-refractivity contribution in [3.05, 3.63) is 23.1 Å².